The molecule has 6 N–H and O–H groups in total. The van der Waals surface area contributed by atoms with Crippen LogP contribution in [0, 0.1) is 0 Å². The van der Waals surface area contributed by atoms with Gasteiger partial charge in [-0.2, -0.15) is 26.3 Å². The van der Waals surface area contributed by atoms with Crippen molar-refractivity contribution < 1.29 is 66.0 Å². The fraction of sp³-hybridized carbons (Fsp3) is 0.471. The summed E-state index contributed by atoms with van der Waals surface area (Å²) < 4.78 is 81.0. The van der Waals surface area contributed by atoms with Crippen LogP contribution in [0.4, 0.5) is 26.3 Å². The van der Waals surface area contributed by atoms with Gasteiger partial charge < -0.3 is 31.2 Å². The molecule has 1 rings (SSSR count). The quantitative estimate of drug-likeness (QED) is 0.332. The van der Waals surface area contributed by atoms with Crippen molar-refractivity contribution in [3.63, 3.8) is 0 Å². The molecule has 0 heterocycles. The Morgan fingerprint density at radius 1 is 1.18 bits per heavy atom. The number of benzene rings is 1. The second kappa shape index (κ2) is 12.4. The van der Waals surface area contributed by atoms with Gasteiger partial charge in [-0.1, -0.05) is 6.07 Å². The Kier molecular flexibility index (Phi) is 11.3. The number of halogens is 6. The van der Waals surface area contributed by atoms with Gasteiger partial charge in [0.15, 0.2) is 6.04 Å². The predicted molar refractivity (Wildman–Crippen MR) is 97.7 cm³/mol. The third-order valence-electron chi connectivity index (χ3n) is 3.78. The van der Waals surface area contributed by atoms with Gasteiger partial charge in [-0.3, -0.25) is 9.00 Å². The van der Waals surface area contributed by atoms with Crippen LogP contribution in [0.2, 0.25) is 0 Å². The number of aromatic hydroxyl groups is 1. The van der Waals surface area contributed by atoms with E-state index in [0.29, 0.717) is 6.07 Å². The Morgan fingerprint density at radius 3 is 2.09 bits per heavy atom. The topological polar surface area (TPSA) is 171 Å². The number of alkyl halides is 6. The number of carbonyl (C=O) groups is 3. The summed E-state index contributed by atoms with van der Waals surface area (Å²) in [7, 11) is -1.14. The van der Waals surface area contributed by atoms with Crippen LogP contribution in [0.3, 0.4) is 0 Å². The lowest BCUT2D eigenvalue weighted by Gasteiger charge is -2.17. The highest BCUT2D eigenvalue weighted by Crippen LogP contribution is 2.36. The van der Waals surface area contributed by atoms with Gasteiger partial charge in [0.2, 0.25) is 0 Å². The number of nitrogens with one attached hydrogen (secondary N) is 1. The van der Waals surface area contributed by atoms with Crippen LogP contribution in [0.5, 0.6) is 5.75 Å². The number of carboxylic acids is 2. The summed E-state index contributed by atoms with van der Waals surface area (Å²) in [5.41, 5.74) is 2.26. The molecular weight excluding hydrogens is 490 g/mol. The van der Waals surface area contributed by atoms with Gasteiger partial charge in [0.25, 0.3) is 5.91 Å². The van der Waals surface area contributed by atoms with E-state index < -0.39 is 70.8 Å². The Balaban J connectivity index is 0.00000126. The first-order chi connectivity index (χ1) is 14.9. The van der Waals surface area contributed by atoms with Gasteiger partial charge in [-0.15, -0.1) is 0 Å². The molecular formula is C17H20F6N2O7S. The third kappa shape index (κ3) is 11.5. The number of phenolic OH excluding ortho intramolecular Hbond substituents is 1. The molecule has 16 heteroatoms. The van der Waals surface area contributed by atoms with E-state index >= 15 is 0 Å². The smallest absolute Gasteiger partial charge is 0.430 e. The molecule has 0 saturated heterocycles. The minimum Gasteiger partial charge on any atom is -0.542 e. The number of phenols is 1. The van der Waals surface area contributed by atoms with E-state index in [4.69, 9.17) is 9.90 Å². The number of rotatable bonds is 8. The molecule has 9 nitrogen and oxygen atoms in total. The van der Waals surface area contributed by atoms with Crippen molar-refractivity contribution in [1.82, 2.24) is 5.32 Å². The lowest BCUT2D eigenvalue weighted by Crippen LogP contribution is -2.69. The zero-order chi connectivity index (χ0) is 26.1. The van der Waals surface area contributed by atoms with Crippen molar-refractivity contribution in [2.45, 2.75) is 37.3 Å². The van der Waals surface area contributed by atoms with Crippen LogP contribution < -0.4 is 16.2 Å². The Labute approximate surface area is 185 Å². The van der Waals surface area contributed by atoms with E-state index in [1.807, 2.05) is 0 Å². The lowest BCUT2D eigenvalue weighted by molar-refractivity contribution is -0.404. The molecule has 0 aromatic heterocycles. The normalized spacial score (nSPS) is 14.3. The molecule has 0 aliphatic carbocycles. The predicted octanol–water partition coefficient (Wildman–Crippen LogP) is -0.799. The van der Waals surface area contributed by atoms with Gasteiger partial charge in [0.1, 0.15) is 17.8 Å². The van der Waals surface area contributed by atoms with E-state index in [0.717, 1.165) is 12.1 Å². The molecule has 1 aromatic carbocycles. The average Bonchev–Trinajstić information content (AvgIpc) is 2.65. The van der Waals surface area contributed by atoms with E-state index in [1.54, 1.807) is 0 Å². The summed E-state index contributed by atoms with van der Waals surface area (Å²) >= 11 is 0. The van der Waals surface area contributed by atoms with Crippen LogP contribution >= 0.6 is 0 Å². The summed E-state index contributed by atoms with van der Waals surface area (Å²) in [6.45, 7) is 0. The molecule has 33 heavy (non-hydrogen) atoms. The van der Waals surface area contributed by atoms with Crippen LogP contribution in [0.25, 0.3) is 0 Å². The van der Waals surface area contributed by atoms with Crippen molar-refractivity contribution in [3.8, 4) is 5.75 Å². The van der Waals surface area contributed by atoms with Crippen molar-refractivity contribution in [2.75, 3.05) is 12.0 Å². The highest BCUT2D eigenvalue weighted by molar-refractivity contribution is 7.84. The number of aliphatic carboxylic acids is 2. The lowest BCUT2D eigenvalue weighted by atomic mass is 10.0. The van der Waals surface area contributed by atoms with Crippen molar-refractivity contribution in [1.29, 1.82) is 0 Å². The van der Waals surface area contributed by atoms with Gasteiger partial charge >= 0.3 is 18.3 Å². The summed E-state index contributed by atoms with van der Waals surface area (Å²) in [6.07, 6.45) is -8.76. The van der Waals surface area contributed by atoms with Gasteiger partial charge in [-0.05, 0) is 17.7 Å². The van der Waals surface area contributed by atoms with E-state index in [2.05, 4.69) is 11.1 Å². The fourth-order valence-electron chi connectivity index (χ4n) is 2.10. The van der Waals surface area contributed by atoms with E-state index in [9.17, 15) is 50.4 Å². The number of hydrogen-bond donors (Lipinski definition) is 4. The summed E-state index contributed by atoms with van der Waals surface area (Å²) in [6, 6.07) is 0.295. The molecule has 0 saturated carbocycles. The highest BCUT2D eigenvalue weighted by atomic mass is 32.2. The van der Waals surface area contributed by atoms with E-state index in [1.165, 1.54) is 6.26 Å². The number of amides is 1. The van der Waals surface area contributed by atoms with Crippen LogP contribution in [0.15, 0.2) is 18.2 Å². The van der Waals surface area contributed by atoms with E-state index in [-0.39, 0.29) is 17.7 Å². The Hall–Kier alpha value is -2.88. The molecule has 0 spiro atoms. The molecule has 0 aliphatic heterocycles. The van der Waals surface area contributed by atoms with Crippen LogP contribution in [0.1, 0.15) is 17.5 Å². The number of hydrogen-bond acceptors (Lipinski definition) is 6. The maximum Gasteiger partial charge on any atom is 0.430 e. The first-order valence-corrected chi connectivity index (χ1v) is 10.4. The van der Waals surface area contributed by atoms with Gasteiger partial charge in [0.05, 0.1) is 5.56 Å². The molecule has 1 aromatic rings. The number of carbonyl (C=O) groups excluding carboxylic acids is 2. The van der Waals surface area contributed by atoms with Crippen LogP contribution in [-0.4, -0.2) is 62.5 Å². The average molecular weight is 510 g/mol. The van der Waals surface area contributed by atoms with Gasteiger partial charge in [-0.25, -0.2) is 4.79 Å². The molecule has 1 amide bonds. The standard InChI is InChI=1S/C15H19F3N2O5S.C2HF3O2/c1-26(25)5-4-10(19)13(22)20-11(14(23)24)7-8-2-3-12(21)9(6-8)15(16,17)18;3-2(4,5)1(6)7/h2-3,6,10-11,21H,4-5,7,19H2,1H3,(H,20,22)(H,23,24);(H,6,7)/t10-,11-,26?;/m0./s1. The molecule has 0 aliphatic rings. The first kappa shape index (κ1) is 30.1. The maximum absolute atomic E-state index is 12.8. The SMILES string of the molecule is CS(=O)CC[C@H]([NH3+])C(=O)N[C@@H](Cc1ccc(O)c(C(F)(F)F)c1)C(=O)O.O=C([O-])C(F)(F)F. The maximum atomic E-state index is 12.8. The summed E-state index contributed by atoms with van der Waals surface area (Å²) in [5, 5.41) is 29.5. The fourth-order valence-corrected chi connectivity index (χ4v) is 2.72. The number of carboxylic acid groups (broad SMARTS) is 2. The first-order valence-electron chi connectivity index (χ1n) is 8.69. The highest BCUT2D eigenvalue weighted by Gasteiger charge is 2.34. The minimum absolute atomic E-state index is 0.0156. The third-order valence-corrected chi connectivity index (χ3v) is 4.59. The molecule has 0 fully saturated rings. The van der Waals surface area contributed by atoms with Crippen molar-refractivity contribution in [3.05, 3.63) is 29.3 Å². The molecule has 188 valence electrons. The summed E-state index contributed by atoms with van der Waals surface area (Å²) in [5.74, 6) is -5.88. The Bertz CT molecular complexity index is 876. The Morgan fingerprint density at radius 2 is 1.70 bits per heavy atom. The molecule has 3 atom stereocenters. The van der Waals surface area contributed by atoms with Crippen molar-refractivity contribution in [2.24, 2.45) is 0 Å². The zero-order valence-corrected chi connectivity index (χ0v) is 17.6. The largest absolute Gasteiger partial charge is 0.542 e. The second-order valence-electron chi connectivity index (χ2n) is 6.50. The van der Waals surface area contributed by atoms with Crippen molar-refractivity contribution >= 4 is 28.6 Å². The molecule has 0 bridgehead atoms. The molecule has 0 radical (unpaired) electrons. The number of quaternary nitrogens is 1. The minimum atomic E-state index is -5.19. The zero-order valence-electron chi connectivity index (χ0n) is 16.8. The molecule has 1 unspecified atom stereocenters. The van der Waals surface area contributed by atoms with Crippen LogP contribution in [-0.2, 0) is 37.8 Å². The van der Waals surface area contributed by atoms with Gasteiger partial charge in [0, 0.05) is 35.6 Å². The monoisotopic (exact) mass is 510 g/mol. The summed E-state index contributed by atoms with van der Waals surface area (Å²) in [4.78, 5) is 32.1. The second-order valence-corrected chi connectivity index (χ2v) is 8.06.